The molecule has 5 nitrogen and oxygen atoms in total. The van der Waals surface area contributed by atoms with Crippen molar-refractivity contribution in [2.45, 2.75) is 46.1 Å². The van der Waals surface area contributed by atoms with Gasteiger partial charge in [0.05, 0.1) is 5.92 Å². The van der Waals surface area contributed by atoms with Crippen LogP contribution >= 0.6 is 0 Å². The number of benzene rings is 2. The van der Waals surface area contributed by atoms with Gasteiger partial charge >= 0.3 is 5.97 Å². The third-order valence-corrected chi connectivity index (χ3v) is 5.41. The van der Waals surface area contributed by atoms with Crippen molar-refractivity contribution in [2.24, 2.45) is 5.92 Å². The lowest BCUT2D eigenvalue weighted by Gasteiger charge is -2.23. The van der Waals surface area contributed by atoms with Crippen molar-refractivity contribution in [3.63, 3.8) is 0 Å². The monoisotopic (exact) mass is 393 g/mol. The number of carbonyl (C=O) groups excluding carboxylic acids is 3. The van der Waals surface area contributed by atoms with Crippen LogP contribution in [0.25, 0.3) is 0 Å². The normalized spacial score (nSPS) is 17.3. The molecule has 0 spiro atoms. The van der Waals surface area contributed by atoms with Gasteiger partial charge in [-0.25, -0.2) is 0 Å². The van der Waals surface area contributed by atoms with Gasteiger partial charge in [0.25, 0.3) is 0 Å². The molecule has 0 N–H and O–H groups in total. The molecule has 0 aromatic heterocycles. The van der Waals surface area contributed by atoms with Crippen LogP contribution in [0.2, 0.25) is 0 Å². The zero-order chi connectivity index (χ0) is 21.0. The van der Waals surface area contributed by atoms with E-state index in [9.17, 15) is 14.4 Å². The Hall–Kier alpha value is -2.95. The van der Waals surface area contributed by atoms with E-state index in [0.717, 1.165) is 29.7 Å². The van der Waals surface area contributed by atoms with E-state index in [1.54, 1.807) is 36.1 Å². The Morgan fingerprint density at radius 2 is 1.66 bits per heavy atom. The van der Waals surface area contributed by atoms with Gasteiger partial charge in [0.15, 0.2) is 6.10 Å². The molecule has 1 aliphatic heterocycles. The van der Waals surface area contributed by atoms with E-state index in [-0.39, 0.29) is 24.7 Å². The largest absolute Gasteiger partial charge is 0.454 e. The molecule has 0 saturated carbocycles. The Morgan fingerprint density at radius 3 is 2.24 bits per heavy atom. The topological polar surface area (TPSA) is 63.7 Å². The molecule has 0 aliphatic carbocycles. The third kappa shape index (κ3) is 4.39. The van der Waals surface area contributed by atoms with Crippen molar-refractivity contribution in [1.82, 2.24) is 0 Å². The second-order valence-electron chi connectivity index (χ2n) is 7.35. The van der Waals surface area contributed by atoms with Crippen molar-refractivity contribution in [1.29, 1.82) is 0 Å². The van der Waals surface area contributed by atoms with Crippen LogP contribution in [0.5, 0.6) is 0 Å². The highest BCUT2D eigenvalue weighted by Crippen LogP contribution is 2.33. The van der Waals surface area contributed by atoms with Gasteiger partial charge in [0.2, 0.25) is 11.7 Å². The highest BCUT2D eigenvalue weighted by Gasteiger charge is 2.38. The zero-order valence-electron chi connectivity index (χ0n) is 17.2. The van der Waals surface area contributed by atoms with Crippen LogP contribution in [-0.4, -0.2) is 30.3 Å². The van der Waals surface area contributed by atoms with Crippen LogP contribution in [0.15, 0.2) is 48.5 Å². The molecular weight excluding hydrogens is 366 g/mol. The summed E-state index contributed by atoms with van der Waals surface area (Å²) in [6.07, 6.45) is 0.838. The summed E-state index contributed by atoms with van der Waals surface area (Å²) in [4.78, 5) is 39.6. The van der Waals surface area contributed by atoms with Crippen molar-refractivity contribution >= 4 is 23.3 Å². The maximum Gasteiger partial charge on any atom is 0.312 e. The number of Topliss-reactive ketones (excluding diaryl/α,β-unsaturated/α-hetero) is 1. The van der Waals surface area contributed by atoms with Crippen LogP contribution in [-0.2, 0) is 27.2 Å². The molecule has 1 fully saturated rings. The summed E-state index contributed by atoms with van der Waals surface area (Å²) >= 11 is 0. The number of amides is 1. The lowest BCUT2D eigenvalue weighted by atomic mass is 10.0. The molecule has 2 aromatic carbocycles. The second kappa shape index (κ2) is 9.03. The minimum Gasteiger partial charge on any atom is -0.454 e. The van der Waals surface area contributed by atoms with Gasteiger partial charge in [-0.05, 0) is 30.9 Å². The number of hydrogen-bond acceptors (Lipinski definition) is 4. The average molecular weight is 393 g/mol. The van der Waals surface area contributed by atoms with Gasteiger partial charge in [-0.2, -0.15) is 0 Å². The van der Waals surface area contributed by atoms with Crippen LogP contribution < -0.4 is 4.90 Å². The fourth-order valence-corrected chi connectivity index (χ4v) is 3.80. The Balaban J connectivity index is 1.72. The highest BCUT2D eigenvalue weighted by atomic mass is 16.5. The number of hydrogen-bond donors (Lipinski definition) is 0. The fraction of sp³-hybridized carbons (Fsp3) is 0.375. The first kappa shape index (κ1) is 20.8. The van der Waals surface area contributed by atoms with E-state index >= 15 is 0 Å². The van der Waals surface area contributed by atoms with Gasteiger partial charge < -0.3 is 9.64 Å². The molecule has 1 amide bonds. The summed E-state index contributed by atoms with van der Waals surface area (Å²) in [6, 6.07) is 14.8. The lowest BCUT2D eigenvalue weighted by molar-refractivity contribution is -0.151. The number of nitrogens with zero attached hydrogens (tertiary/aromatic N) is 1. The summed E-state index contributed by atoms with van der Waals surface area (Å²) in [5.74, 6) is -1.39. The molecule has 1 heterocycles. The second-order valence-corrected chi connectivity index (χ2v) is 7.35. The minimum absolute atomic E-state index is 0.0791. The molecule has 29 heavy (non-hydrogen) atoms. The van der Waals surface area contributed by atoms with E-state index < -0.39 is 18.0 Å². The molecular formula is C24H27NO4. The average Bonchev–Trinajstić information content (AvgIpc) is 3.14. The van der Waals surface area contributed by atoms with Gasteiger partial charge in [0, 0.05) is 24.2 Å². The number of esters is 1. The first-order valence-electron chi connectivity index (χ1n) is 10.2. The molecule has 2 aromatic rings. The molecule has 5 heteroatoms. The number of para-hydroxylation sites is 1. The van der Waals surface area contributed by atoms with Crippen molar-refractivity contribution in [3.8, 4) is 0 Å². The molecule has 2 atom stereocenters. The van der Waals surface area contributed by atoms with E-state index in [4.69, 9.17) is 4.74 Å². The Morgan fingerprint density at radius 1 is 1.03 bits per heavy atom. The quantitative estimate of drug-likeness (QED) is 0.527. The van der Waals surface area contributed by atoms with E-state index in [1.807, 2.05) is 24.3 Å². The Kier molecular flexibility index (Phi) is 6.47. The number of ether oxygens (including phenoxy) is 1. The van der Waals surface area contributed by atoms with Crippen molar-refractivity contribution < 1.29 is 19.1 Å². The first-order valence-corrected chi connectivity index (χ1v) is 10.2. The lowest BCUT2D eigenvalue weighted by Crippen LogP contribution is -2.31. The molecule has 1 aliphatic rings. The van der Waals surface area contributed by atoms with Crippen LogP contribution in [0, 0.1) is 5.92 Å². The number of aryl methyl sites for hydroxylation is 2. The van der Waals surface area contributed by atoms with Gasteiger partial charge in [-0.3, -0.25) is 14.4 Å². The Labute approximate surface area is 171 Å². The summed E-state index contributed by atoms with van der Waals surface area (Å²) in [5, 5.41) is 0. The van der Waals surface area contributed by atoms with Crippen LogP contribution in [0.3, 0.4) is 0 Å². The van der Waals surface area contributed by atoms with Crippen molar-refractivity contribution in [3.05, 3.63) is 65.2 Å². The molecule has 3 rings (SSSR count). The van der Waals surface area contributed by atoms with Gasteiger partial charge in [-0.15, -0.1) is 0 Å². The van der Waals surface area contributed by atoms with E-state index in [0.29, 0.717) is 5.56 Å². The smallest absolute Gasteiger partial charge is 0.312 e. The van der Waals surface area contributed by atoms with E-state index in [2.05, 4.69) is 13.8 Å². The number of rotatable bonds is 7. The summed E-state index contributed by atoms with van der Waals surface area (Å²) < 4.78 is 5.43. The maximum absolute atomic E-state index is 12.7. The summed E-state index contributed by atoms with van der Waals surface area (Å²) in [7, 11) is 0. The predicted octanol–water partition coefficient (Wildman–Crippen LogP) is 3.98. The molecule has 0 radical (unpaired) electrons. The summed E-state index contributed by atoms with van der Waals surface area (Å²) in [5.41, 5.74) is 3.62. The number of ketones is 1. The zero-order valence-corrected chi connectivity index (χ0v) is 17.2. The SMILES string of the molecule is CCc1cccc(CC)c1N1C[C@H](C(=O)O[C@H](C)C(=O)c2ccccc2)CC1=O. The molecule has 1 saturated heterocycles. The molecule has 0 unspecified atom stereocenters. The summed E-state index contributed by atoms with van der Waals surface area (Å²) in [6.45, 7) is 5.97. The molecule has 0 bridgehead atoms. The van der Waals surface area contributed by atoms with Crippen LogP contribution in [0.1, 0.15) is 48.7 Å². The minimum atomic E-state index is -0.886. The Bertz CT molecular complexity index is 884. The van der Waals surface area contributed by atoms with Gasteiger partial charge in [0.1, 0.15) is 0 Å². The van der Waals surface area contributed by atoms with Crippen LogP contribution in [0.4, 0.5) is 5.69 Å². The standard InChI is InChI=1S/C24H27NO4/c1-4-17-12-9-13-18(5-2)22(17)25-15-20(14-21(25)26)24(28)29-16(3)23(27)19-10-7-6-8-11-19/h6-13,16,20H,4-5,14-15H2,1-3H3/t16-,20-/m1/s1. The van der Waals surface area contributed by atoms with Gasteiger partial charge in [-0.1, -0.05) is 62.4 Å². The third-order valence-electron chi connectivity index (χ3n) is 5.41. The van der Waals surface area contributed by atoms with Crippen molar-refractivity contribution in [2.75, 3.05) is 11.4 Å². The molecule has 152 valence electrons. The number of carbonyl (C=O) groups is 3. The van der Waals surface area contributed by atoms with E-state index in [1.165, 1.54) is 0 Å². The number of anilines is 1. The maximum atomic E-state index is 12.7. The first-order chi connectivity index (χ1) is 14.0. The highest BCUT2D eigenvalue weighted by molar-refractivity contribution is 6.02. The predicted molar refractivity (Wildman–Crippen MR) is 112 cm³/mol. The fourth-order valence-electron chi connectivity index (χ4n) is 3.80.